The molecular formula is C14H14N2O3S. The summed E-state index contributed by atoms with van der Waals surface area (Å²) in [6.45, 7) is 2.42. The number of sulfonamides is 1. The minimum absolute atomic E-state index is 0.246. The smallest absolute Gasteiger partial charge is 0.261 e. The predicted octanol–water partition coefficient (Wildman–Crippen LogP) is 2.13. The van der Waals surface area contributed by atoms with E-state index in [-0.39, 0.29) is 4.90 Å². The summed E-state index contributed by atoms with van der Waals surface area (Å²) in [5.74, 6) is 0.767. The van der Waals surface area contributed by atoms with Crippen molar-refractivity contribution < 1.29 is 13.2 Å². The van der Waals surface area contributed by atoms with Crippen LogP contribution in [0.2, 0.25) is 0 Å². The van der Waals surface area contributed by atoms with Crippen LogP contribution in [0.15, 0.2) is 41.4 Å². The van der Waals surface area contributed by atoms with E-state index < -0.39 is 10.0 Å². The Kier molecular flexibility index (Phi) is 3.10. The van der Waals surface area contributed by atoms with Gasteiger partial charge < -0.3 is 4.74 Å². The van der Waals surface area contributed by atoms with Crippen LogP contribution in [-0.2, 0) is 16.4 Å². The summed E-state index contributed by atoms with van der Waals surface area (Å²) in [6, 6.07) is 8.24. The first-order valence-electron chi connectivity index (χ1n) is 6.26. The molecule has 0 saturated carbocycles. The van der Waals surface area contributed by atoms with Crippen molar-refractivity contribution in [3.8, 4) is 5.75 Å². The molecule has 6 heteroatoms. The Bertz CT molecular complexity index is 757. The summed E-state index contributed by atoms with van der Waals surface area (Å²) in [5.41, 5.74) is 2.19. The Labute approximate surface area is 117 Å². The fraction of sp³-hybridized carbons (Fsp3) is 0.214. The summed E-state index contributed by atoms with van der Waals surface area (Å²) in [6.07, 6.45) is 2.32. The van der Waals surface area contributed by atoms with E-state index in [2.05, 4.69) is 9.71 Å². The SMILES string of the molecule is Cc1cc(NS(=O)(=O)c2ccc3c(c2)CCO3)ccn1. The number of nitrogens with one attached hydrogen (secondary N) is 1. The van der Waals surface area contributed by atoms with Crippen molar-refractivity contribution in [3.05, 3.63) is 47.8 Å². The summed E-state index contributed by atoms with van der Waals surface area (Å²) in [7, 11) is -3.58. The number of aryl methyl sites for hydroxylation is 1. The molecule has 2 aromatic rings. The first kappa shape index (κ1) is 12.9. The zero-order valence-corrected chi connectivity index (χ0v) is 11.8. The van der Waals surface area contributed by atoms with Gasteiger partial charge in [0, 0.05) is 18.3 Å². The van der Waals surface area contributed by atoms with Crippen molar-refractivity contribution in [2.45, 2.75) is 18.2 Å². The lowest BCUT2D eigenvalue weighted by Gasteiger charge is -2.09. The van der Waals surface area contributed by atoms with Gasteiger partial charge in [-0.25, -0.2) is 8.42 Å². The van der Waals surface area contributed by atoms with Gasteiger partial charge >= 0.3 is 0 Å². The van der Waals surface area contributed by atoms with Crippen molar-refractivity contribution >= 4 is 15.7 Å². The van der Waals surface area contributed by atoms with Crippen molar-refractivity contribution in [3.63, 3.8) is 0 Å². The molecule has 3 rings (SSSR count). The third-order valence-electron chi connectivity index (χ3n) is 3.12. The molecule has 0 amide bonds. The lowest BCUT2D eigenvalue weighted by molar-refractivity contribution is 0.356. The molecule has 1 aliphatic heterocycles. The molecule has 0 aliphatic carbocycles. The lowest BCUT2D eigenvalue weighted by atomic mass is 10.2. The molecule has 1 N–H and O–H groups in total. The van der Waals surface area contributed by atoms with Crippen LogP contribution in [0.3, 0.4) is 0 Å². The van der Waals surface area contributed by atoms with Crippen LogP contribution in [0.5, 0.6) is 5.75 Å². The van der Waals surface area contributed by atoms with Gasteiger partial charge in [0.05, 0.1) is 17.2 Å². The second-order valence-corrected chi connectivity index (χ2v) is 6.34. The largest absolute Gasteiger partial charge is 0.493 e. The van der Waals surface area contributed by atoms with Crippen molar-refractivity contribution in [1.29, 1.82) is 0 Å². The Hall–Kier alpha value is -2.08. The molecule has 0 atom stereocenters. The Morgan fingerprint density at radius 2 is 2.10 bits per heavy atom. The predicted molar refractivity (Wildman–Crippen MR) is 75.4 cm³/mol. The van der Waals surface area contributed by atoms with Crippen LogP contribution in [-0.4, -0.2) is 20.0 Å². The van der Waals surface area contributed by atoms with E-state index in [1.54, 1.807) is 36.5 Å². The summed E-state index contributed by atoms with van der Waals surface area (Å²) in [4.78, 5) is 4.28. The molecule has 0 spiro atoms. The molecule has 0 unspecified atom stereocenters. The van der Waals surface area contributed by atoms with E-state index in [0.717, 1.165) is 23.4 Å². The van der Waals surface area contributed by atoms with Crippen molar-refractivity contribution in [1.82, 2.24) is 4.98 Å². The number of rotatable bonds is 3. The first-order valence-corrected chi connectivity index (χ1v) is 7.74. The van der Waals surface area contributed by atoms with E-state index in [9.17, 15) is 8.42 Å². The molecule has 0 saturated heterocycles. The number of benzene rings is 1. The number of hydrogen-bond acceptors (Lipinski definition) is 4. The molecule has 104 valence electrons. The van der Waals surface area contributed by atoms with E-state index >= 15 is 0 Å². The highest BCUT2D eigenvalue weighted by atomic mass is 32.2. The fourth-order valence-electron chi connectivity index (χ4n) is 2.15. The average Bonchev–Trinajstić information content (AvgIpc) is 2.85. The second kappa shape index (κ2) is 4.79. The van der Waals surface area contributed by atoms with Gasteiger partial charge in [0.15, 0.2) is 0 Å². The van der Waals surface area contributed by atoms with Crippen LogP contribution < -0.4 is 9.46 Å². The van der Waals surface area contributed by atoms with Crippen molar-refractivity contribution in [2.24, 2.45) is 0 Å². The number of ether oxygens (including phenoxy) is 1. The molecule has 2 heterocycles. The topological polar surface area (TPSA) is 68.3 Å². The third-order valence-corrected chi connectivity index (χ3v) is 4.50. The zero-order valence-electron chi connectivity index (χ0n) is 11.0. The van der Waals surface area contributed by atoms with Crippen LogP contribution in [0.4, 0.5) is 5.69 Å². The summed E-state index contributed by atoms with van der Waals surface area (Å²) >= 11 is 0. The molecule has 20 heavy (non-hydrogen) atoms. The highest BCUT2D eigenvalue weighted by Crippen LogP contribution is 2.28. The van der Waals surface area contributed by atoms with Crippen LogP contribution in [0.25, 0.3) is 0 Å². The van der Waals surface area contributed by atoms with E-state index in [1.807, 2.05) is 6.92 Å². The maximum atomic E-state index is 12.3. The molecule has 1 aromatic carbocycles. The second-order valence-electron chi connectivity index (χ2n) is 4.66. The van der Waals surface area contributed by atoms with Gasteiger partial charge in [0.2, 0.25) is 0 Å². The first-order chi connectivity index (χ1) is 9.54. The summed E-state index contributed by atoms with van der Waals surface area (Å²) < 4.78 is 32.6. The van der Waals surface area contributed by atoms with E-state index in [4.69, 9.17) is 4.74 Å². The number of anilines is 1. The van der Waals surface area contributed by atoms with Crippen molar-refractivity contribution in [2.75, 3.05) is 11.3 Å². The molecular weight excluding hydrogens is 276 g/mol. The Morgan fingerprint density at radius 3 is 2.90 bits per heavy atom. The number of fused-ring (bicyclic) bond motifs is 1. The van der Waals surface area contributed by atoms with E-state index in [1.165, 1.54) is 0 Å². The normalized spacial score (nSPS) is 13.7. The third kappa shape index (κ3) is 2.46. The monoisotopic (exact) mass is 290 g/mol. The maximum Gasteiger partial charge on any atom is 0.261 e. The van der Waals surface area contributed by atoms with E-state index in [0.29, 0.717) is 12.3 Å². The molecule has 0 radical (unpaired) electrons. The van der Waals surface area contributed by atoms with Crippen LogP contribution >= 0.6 is 0 Å². The lowest BCUT2D eigenvalue weighted by Crippen LogP contribution is -2.13. The quantitative estimate of drug-likeness (QED) is 0.940. The summed E-state index contributed by atoms with van der Waals surface area (Å²) in [5, 5.41) is 0. The minimum atomic E-state index is -3.58. The van der Waals surface area contributed by atoms with Gasteiger partial charge in [-0.15, -0.1) is 0 Å². The molecule has 0 bridgehead atoms. The molecule has 5 nitrogen and oxygen atoms in total. The number of aromatic nitrogens is 1. The van der Waals surface area contributed by atoms with Gasteiger partial charge in [-0.1, -0.05) is 0 Å². The van der Waals surface area contributed by atoms with Gasteiger partial charge in [-0.05, 0) is 42.8 Å². The molecule has 0 fully saturated rings. The fourth-order valence-corrected chi connectivity index (χ4v) is 3.25. The molecule has 1 aromatic heterocycles. The molecule has 1 aliphatic rings. The van der Waals surface area contributed by atoms with Gasteiger partial charge in [0.25, 0.3) is 10.0 Å². The standard InChI is InChI=1S/C14H14N2O3S/c1-10-8-12(4-6-15-10)16-20(17,18)13-2-3-14-11(9-13)5-7-19-14/h2-4,6,8-9H,5,7H2,1H3,(H,15,16). The highest BCUT2D eigenvalue weighted by Gasteiger charge is 2.19. The number of hydrogen-bond donors (Lipinski definition) is 1. The maximum absolute atomic E-state index is 12.3. The van der Waals surface area contributed by atoms with Gasteiger partial charge in [0.1, 0.15) is 5.75 Å². The van der Waals surface area contributed by atoms with Crippen LogP contribution in [0, 0.1) is 6.92 Å². The number of pyridine rings is 1. The zero-order chi connectivity index (χ0) is 14.2. The van der Waals surface area contributed by atoms with Gasteiger partial charge in [-0.3, -0.25) is 9.71 Å². The van der Waals surface area contributed by atoms with Crippen LogP contribution in [0.1, 0.15) is 11.3 Å². The minimum Gasteiger partial charge on any atom is -0.493 e. The highest BCUT2D eigenvalue weighted by molar-refractivity contribution is 7.92. The average molecular weight is 290 g/mol. The van der Waals surface area contributed by atoms with Gasteiger partial charge in [-0.2, -0.15) is 0 Å². The number of nitrogens with zero attached hydrogens (tertiary/aromatic N) is 1. The Morgan fingerprint density at radius 1 is 1.25 bits per heavy atom. The Balaban J connectivity index is 1.92.